The molecule has 0 fully saturated rings. The molecule has 2 heterocycles. The van der Waals surface area contributed by atoms with Gasteiger partial charge < -0.3 is 9.09 Å². The van der Waals surface area contributed by atoms with Crippen molar-refractivity contribution in [2.45, 2.75) is 31.7 Å². The molecule has 5 nitrogen and oxygen atoms in total. The van der Waals surface area contributed by atoms with Crippen LogP contribution in [0.4, 0.5) is 4.39 Å². The summed E-state index contributed by atoms with van der Waals surface area (Å²) < 4.78 is 19.8. The minimum atomic E-state index is -0.476. The summed E-state index contributed by atoms with van der Waals surface area (Å²) >= 11 is 0. The highest BCUT2D eigenvalue weighted by Gasteiger charge is 2.25. The van der Waals surface area contributed by atoms with E-state index in [0.29, 0.717) is 11.7 Å². The van der Waals surface area contributed by atoms with E-state index in [2.05, 4.69) is 22.3 Å². The van der Waals surface area contributed by atoms with Crippen LogP contribution in [0.15, 0.2) is 51.9 Å². The first-order chi connectivity index (χ1) is 11.7. The Morgan fingerprint density at radius 1 is 1.25 bits per heavy atom. The van der Waals surface area contributed by atoms with E-state index in [1.54, 1.807) is 0 Å². The molecule has 0 N–H and O–H groups in total. The lowest BCUT2D eigenvalue weighted by Crippen LogP contribution is -2.19. The van der Waals surface area contributed by atoms with Crippen LogP contribution in [0.25, 0.3) is 0 Å². The topological polar surface area (TPSA) is 60.9 Å². The molecule has 1 aliphatic rings. The zero-order valence-electron chi connectivity index (χ0n) is 13.0. The summed E-state index contributed by atoms with van der Waals surface area (Å²) in [6, 6.07) is 10.6. The van der Waals surface area contributed by atoms with Crippen molar-refractivity contribution in [2.75, 3.05) is 0 Å². The quantitative estimate of drug-likeness (QED) is 0.743. The van der Waals surface area contributed by atoms with Gasteiger partial charge in [0, 0.05) is 18.2 Å². The molecule has 1 unspecified atom stereocenters. The second kappa shape index (κ2) is 6.03. The lowest BCUT2D eigenvalue weighted by Gasteiger charge is -2.22. The smallest absolute Gasteiger partial charge is 0.251 e. The number of pyridine rings is 1. The van der Waals surface area contributed by atoms with Gasteiger partial charge in [-0.25, -0.2) is 4.39 Å². The molecule has 24 heavy (non-hydrogen) atoms. The number of benzene rings is 1. The van der Waals surface area contributed by atoms with Crippen LogP contribution < -0.4 is 5.56 Å². The summed E-state index contributed by atoms with van der Waals surface area (Å²) in [5, 5.41) is 4.09. The Bertz CT molecular complexity index is 932. The minimum Gasteiger partial charge on any atom is -0.337 e. The molecule has 4 rings (SSSR count). The summed E-state index contributed by atoms with van der Waals surface area (Å²) in [4.78, 5) is 16.2. The van der Waals surface area contributed by atoms with Gasteiger partial charge in [0.15, 0.2) is 5.82 Å². The third-order valence-corrected chi connectivity index (χ3v) is 4.42. The molecular weight excluding hydrogens is 309 g/mol. The number of rotatable bonds is 3. The van der Waals surface area contributed by atoms with E-state index in [0.717, 1.165) is 31.5 Å². The van der Waals surface area contributed by atoms with Crippen LogP contribution in [0.5, 0.6) is 0 Å². The molecular formula is C18H16FN3O2. The van der Waals surface area contributed by atoms with Crippen molar-refractivity contribution >= 4 is 0 Å². The lowest BCUT2D eigenvalue weighted by molar-refractivity contribution is 0.361. The van der Waals surface area contributed by atoms with Crippen molar-refractivity contribution in [3.8, 4) is 0 Å². The normalized spacial score (nSPS) is 16.8. The van der Waals surface area contributed by atoms with Crippen LogP contribution in [0.2, 0.25) is 0 Å². The lowest BCUT2D eigenvalue weighted by atomic mass is 9.82. The van der Waals surface area contributed by atoms with Crippen molar-refractivity contribution in [2.24, 2.45) is 0 Å². The van der Waals surface area contributed by atoms with E-state index in [1.807, 2.05) is 12.1 Å². The zero-order valence-corrected chi connectivity index (χ0v) is 13.0. The number of aryl methyl sites for hydroxylation is 1. The Hall–Kier alpha value is -2.76. The predicted molar refractivity (Wildman–Crippen MR) is 85.3 cm³/mol. The molecule has 0 spiro atoms. The van der Waals surface area contributed by atoms with Crippen LogP contribution in [-0.4, -0.2) is 14.7 Å². The van der Waals surface area contributed by atoms with Gasteiger partial charge in [-0.2, -0.15) is 4.98 Å². The van der Waals surface area contributed by atoms with E-state index in [4.69, 9.17) is 4.52 Å². The molecule has 2 aromatic heterocycles. The van der Waals surface area contributed by atoms with E-state index in [1.165, 1.54) is 21.8 Å². The maximum Gasteiger partial charge on any atom is 0.251 e. The Kier molecular flexibility index (Phi) is 3.72. The summed E-state index contributed by atoms with van der Waals surface area (Å²) in [6.45, 7) is 0.0674. The van der Waals surface area contributed by atoms with Crippen molar-refractivity contribution in [3.05, 3.63) is 81.6 Å². The molecule has 0 saturated heterocycles. The number of fused-ring (bicyclic) bond motifs is 1. The fourth-order valence-electron chi connectivity index (χ4n) is 3.27. The van der Waals surface area contributed by atoms with E-state index >= 15 is 0 Å². The zero-order chi connectivity index (χ0) is 16.5. The number of aromatic nitrogens is 3. The molecule has 122 valence electrons. The van der Waals surface area contributed by atoms with Gasteiger partial charge in [0.2, 0.25) is 5.89 Å². The SMILES string of the molecule is O=c1ccc(F)cn1Cc1nc(C2CCCc3ccccc32)no1. The molecule has 0 saturated carbocycles. The fourth-order valence-corrected chi connectivity index (χ4v) is 3.27. The molecule has 1 aromatic carbocycles. The Morgan fingerprint density at radius 2 is 2.12 bits per heavy atom. The molecule has 0 amide bonds. The van der Waals surface area contributed by atoms with Gasteiger partial charge in [-0.1, -0.05) is 29.4 Å². The minimum absolute atomic E-state index is 0.0674. The number of hydrogen-bond acceptors (Lipinski definition) is 4. The highest BCUT2D eigenvalue weighted by Crippen LogP contribution is 2.35. The van der Waals surface area contributed by atoms with E-state index < -0.39 is 5.82 Å². The molecule has 1 aliphatic carbocycles. The Morgan fingerprint density at radius 3 is 3.04 bits per heavy atom. The average molecular weight is 325 g/mol. The van der Waals surface area contributed by atoms with Gasteiger partial charge >= 0.3 is 0 Å². The monoisotopic (exact) mass is 325 g/mol. The molecule has 6 heteroatoms. The van der Waals surface area contributed by atoms with Crippen molar-refractivity contribution in [3.63, 3.8) is 0 Å². The number of nitrogens with zero attached hydrogens (tertiary/aromatic N) is 3. The van der Waals surface area contributed by atoms with Crippen molar-refractivity contribution in [1.82, 2.24) is 14.7 Å². The largest absolute Gasteiger partial charge is 0.337 e. The fraction of sp³-hybridized carbons (Fsp3) is 0.278. The number of hydrogen-bond donors (Lipinski definition) is 0. The molecule has 0 radical (unpaired) electrons. The van der Waals surface area contributed by atoms with Gasteiger partial charge in [-0.05, 0) is 36.5 Å². The molecule has 0 bridgehead atoms. The first-order valence-electron chi connectivity index (χ1n) is 7.97. The Labute approximate surface area is 137 Å². The Balaban J connectivity index is 1.62. The van der Waals surface area contributed by atoms with Crippen LogP contribution in [0, 0.1) is 5.82 Å². The van der Waals surface area contributed by atoms with Gasteiger partial charge in [0.05, 0.1) is 0 Å². The second-order valence-corrected chi connectivity index (χ2v) is 6.00. The van der Waals surface area contributed by atoms with Gasteiger partial charge in [-0.3, -0.25) is 4.79 Å². The summed E-state index contributed by atoms with van der Waals surface area (Å²) in [6.07, 6.45) is 4.25. The van der Waals surface area contributed by atoms with Gasteiger partial charge in [0.1, 0.15) is 12.4 Å². The third kappa shape index (κ3) is 2.75. The summed E-state index contributed by atoms with van der Waals surface area (Å²) in [5.74, 6) is 0.564. The maximum atomic E-state index is 13.3. The van der Waals surface area contributed by atoms with Crippen LogP contribution in [-0.2, 0) is 13.0 Å². The van der Waals surface area contributed by atoms with Gasteiger partial charge in [-0.15, -0.1) is 0 Å². The first-order valence-corrected chi connectivity index (χ1v) is 7.97. The predicted octanol–water partition coefficient (Wildman–Crippen LogP) is 2.89. The van der Waals surface area contributed by atoms with E-state index in [9.17, 15) is 9.18 Å². The van der Waals surface area contributed by atoms with Gasteiger partial charge in [0.25, 0.3) is 5.56 Å². The highest BCUT2D eigenvalue weighted by atomic mass is 19.1. The molecule has 3 aromatic rings. The maximum absolute atomic E-state index is 13.3. The van der Waals surface area contributed by atoms with Crippen LogP contribution >= 0.6 is 0 Å². The summed E-state index contributed by atoms with van der Waals surface area (Å²) in [7, 11) is 0. The third-order valence-electron chi connectivity index (χ3n) is 4.42. The second-order valence-electron chi connectivity index (χ2n) is 6.00. The van der Waals surface area contributed by atoms with Crippen LogP contribution in [0.3, 0.4) is 0 Å². The molecule has 0 aliphatic heterocycles. The first kappa shape index (κ1) is 14.8. The van der Waals surface area contributed by atoms with E-state index in [-0.39, 0.29) is 18.0 Å². The van der Waals surface area contributed by atoms with Crippen LogP contribution in [0.1, 0.15) is 41.6 Å². The highest BCUT2D eigenvalue weighted by molar-refractivity contribution is 5.36. The van der Waals surface area contributed by atoms with Crippen molar-refractivity contribution in [1.29, 1.82) is 0 Å². The number of halogens is 1. The molecule has 1 atom stereocenters. The average Bonchev–Trinajstić information content (AvgIpc) is 3.06. The standard InChI is InChI=1S/C18H16FN3O2/c19-13-8-9-17(23)22(10-13)11-16-20-18(21-24-16)15-7-3-5-12-4-1-2-6-14(12)15/h1-2,4,6,8-10,15H,3,5,7,11H2. The van der Waals surface area contributed by atoms with Crippen molar-refractivity contribution < 1.29 is 8.91 Å². The summed E-state index contributed by atoms with van der Waals surface area (Å²) in [5.41, 5.74) is 2.25.